The lowest BCUT2D eigenvalue weighted by Crippen LogP contribution is -2.31. The number of aromatic hydroxyl groups is 1. The van der Waals surface area contributed by atoms with Crippen LogP contribution in [0.25, 0.3) is 11.1 Å². The number of nitrogens with zero attached hydrogens (tertiary/aromatic N) is 2. The Morgan fingerprint density at radius 3 is 2.63 bits per heavy atom. The summed E-state index contributed by atoms with van der Waals surface area (Å²) in [6, 6.07) is 12.7. The average Bonchev–Trinajstić information content (AvgIpc) is 3.11. The molecule has 1 atom stereocenters. The predicted molar refractivity (Wildman–Crippen MR) is 109 cm³/mol. The second kappa shape index (κ2) is 7.92. The molecule has 8 nitrogen and oxygen atoms in total. The summed E-state index contributed by atoms with van der Waals surface area (Å²) in [6.45, 7) is -0.245. The molecule has 1 aliphatic carbocycles. The number of aromatic nitrogens is 2. The van der Waals surface area contributed by atoms with Gasteiger partial charge in [0, 0.05) is 11.3 Å². The van der Waals surface area contributed by atoms with Crippen LogP contribution in [0.3, 0.4) is 0 Å². The smallest absolute Gasteiger partial charge is 0.325 e. The fraction of sp³-hybridized carbons (Fsp3) is 0.238. The number of carbonyl (C=O) groups is 1. The zero-order valence-corrected chi connectivity index (χ0v) is 16.8. The first-order valence-corrected chi connectivity index (χ1v) is 11.0. The molecule has 1 heterocycles. The number of carboxylic acid groups (broad SMARTS) is 1. The van der Waals surface area contributed by atoms with Crippen LogP contribution >= 0.6 is 0 Å². The molecule has 9 heteroatoms. The summed E-state index contributed by atoms with van der Waals surface area (Å²) in [4.78, 5) is 11.1. The summed E-state index contributed by atoms with van der Waals surface area (Å²) in [5, 5.41) is 22.8. The lowest BCUT2D eigenvalue weighted by Gasteiger charge is -2.24. The van der Waals surface area contributed by atoms with E-state index in [4.69, 9.17) is 5.11 Å². The first kappa shape index (κ1) is 20.1. The lowest BCUT2D eigenvalue weighted by molar-refractivity contribution is -0.137. The minimum absolute atomic E-state index is 0.136. The molecular formula is C21H21N3O5S. The molecule has 0 radical (unpaired) electrons. The molecule has 0 aliphatic heterocycles. The van der Waals surface area contributed by atoms with Crippen LogP contribution in [-0.4, -0.2) is 34.4 Å². The van der Waals surface area contributed by atoms with Crippen molar-refractivity contribution in [3.63, 3.8) is 0 Å². The molecule has 3 aromatic rings. The SMILES string of the molecule is O=C(O)Cn1ncc2c1CCCC2NS(=O)(=O)c1ccc(-c2cccc(O)c2)cc1. The summed E-state index contributed by atoms with van der Waals surface area (Å²) in [7, 11) is -3.78. The van der Waals surface area contributed by atoms with Crippen molar-refractivity contribution in [3.8, 4) is 16.9 Å². The Morgan fingerprint density at radius 2 is 1.93 bits per heavy atom. The van der Waals surface area contributed by atoms with E-state index >= 15 is 0 Å². The van der Waals surface area contributed by atoms with Crippen LogP contribution in [0, 0.1) is 0 Å². The minimum Gasteiger partial charge on any atom is -0.508 e. The predicted octanol–water partition coefficient (Wildman–Crippen LogP) is 2.70. The molecule has 1 aliphatic rings. The number of phenols is 1. The Morgan fingerprint density at radius 1 is 1.17 bits per heavy atom. The van der Waals surface area contributed by atoms with Gasteiger partial charge in [-0.05, 0) is 54.7 Å². The Labute approximate surface area is 173 Å². The van der Waals surface area contributed by atoms with Crippen LogP contribution in [0.1, 0.15) is 30.1 Å². The summed E-state index contributed by atoms with van der Waals surface area (Å²) in [6.07, 6.45) is 3.57. The summed E-state index contributed by atoms with van der Waals surface area (Å²) < 4.78 is 30.0. The van der Waals surface area contributed by atoms with E-state index in [2.05, 4.69) is 9.82 Å². The van der Waals surface area contributed by atoms with Crippen molar-refractivity contribution in [2.45, 2.75) is 36.7 Å². The molecule has 0 amide bonds. The quantitative estimate of drug-likeness (QED) is 0.556. The van der Waals surface area contributed by atoms with Gasteiger partial charge in [0.2, 0.25) is 10.0 Å². The lowest BCUT2D eigenvalue weighted by atomic mass is 9.94. The maximum atomic E-state index is 12.9. The van der Waals surface area contributed by atoms with Gasteiger partial charge in [0.1, 0.15) is 12.3 Å². The number of rotatable bonds is 6. The minimum atomic E-state index is -3.78. The van der Waals surface area contributed by atoms with Gasteiger partial charge in [-0.3, -0.25) is 9.48 Å². The summed E-state index contributed by atoms with van der Waals surface area (Å²) in [5.41, 5.74) is 3.06. The van der Waals surface area contributed by atoms with Gasteiger partial charge in [-0.2, -0.15) is 5.10 Å². The monoisotopic (exact) mass is 427 g/mol. The number of sulfonamides is 1. The van der Waals surface area contributed by atoms with Gasteiger partial charge < -0.3 is 10.2 Å². The number of fused-ring (bicyclic) bond motifs is 1. The van der Waals surface area contributed by atoms with Crippen LogP contribution in [0.5, 0.6) is 5.75 Å². The number of benzene rings is 2. The largest absolute Gasteiger partial charge is 0.508 e. The van der Waals surface area contributed by atoms with Gasteiger partial charge in [-0.25, -0.2) is 13.1 Å². The zero-order valence-electron chi connectivity index (χ0n) is 16.0. The highest BCUT2D eigenvalue weighted by Gasteiger charge is 2.29. The van der Waals surface area contributed by atoms with Gasteiger partial charge in [0.15, 0.2) is 0 Å². The third-order valence-electron chi connectivity index (χ3n) is 5.19. The zero-order chi connectivity index (χ0) is 21.3. The highest BCUT2D eigenvalue weighted by molar-refractivity contribution is 7.89. The third kappa shape index (κ3) is 4.07. The topological polar surface area (TPSA) is 122 Å². The fourth-order valence-corrected chi connectivity index (χ4v) is 5.02. The molecular weight excluding hydrogens is 406 g/mol. The second-order valence-corrected chi connectivity index (χ2v) is 8.95. The number of carboxylic acids is 1. The van der Waals surface area contributed by atoms with Gasteiger partial charge in [-0.1, -0.05) is 24.3 Å². The molecule has 0 saturated heterocycles. The van der Waals surface area contributed by atoms with E-state index in [0.29, 0.717) is 12.8 Å². The first-order chi connectivity index (χ1) is 14.3. The van der Waals surface area contributed by atoms with E-state index < -0.39 is 22.0 Å². The van der Waals surface area contributed by atoms with E-state index in [0.717, 1.165) is 28.8 Å². The van der Waals surface area contributed by atoms with Gasteiger partial charge >= 0.3 is 5.97 Å². The Balaban J connectivity index is 1.56. The van der Waals surface area contributed by atoms with Crippen LogP contribution in [0.4, 0.5) is 0 Å². The summed E-state index contributed by atoms with van der Waals surface area (Å²) >= 11 is 0. The van der Waals surface area contributed by atoms with Crippen LogP contribution in [0.15, 0.2) is 59.6 Å². The average molecular weight is 427 g/mol. The first-order valence-electron chi connectivity index (χ1n) is 9.52. The fourth-order valence-electron chi connectivity index (χ4n) is 3.77. The number of aliphatic carboxylic acids is 1. The normalized spacial score (nSPS) is 16.2. The summed E-state index contributed by atoms with van der Waals surface area (Å²) in [5.74, 6) is -0.849. The van der Waals surface area contributed by atoms with E-state index in [1.165, 1.54) is 16.8 Å². The van der Waals surface area contributed by atoms with Crippen LogP contribution in [0.2, 0.25) is 0 Å². The molecule has 1 unspecified atom stereocenters. The van der Waals surface area contributed by atoms with Crippen molar-refractivity contribution in [2.24, 2.45) is 0 Å². The molecule has 2 aromatic carbocycles. The van der Waals surface area contributed by atoms with Gasteiger partial charge in [0.25, 0.3) is 0 Å². The second-order valence-electron chi connectivity index (χ2n) is 7.24. The Bertz CT molecular complexity index is 1190. The maximum Gasteiger partial charge on any atom is 0.325 e. The van der Waals surface area contributed by atoms with Gasteiger partial charge in [0.05, 0.1) is 17.1 Å². The van der Waals surface area contributed by atoms with Crippen molar-refractivity contribution >= 4 is 16.0 Å². The van der Waals surface area contributed by atoms with E-state index in [1.807, 2.05) is 6.07 Å². The van der Waals surface area contributed by atoms with E-state index in [9.17, 15) is 18.3 Å². The highest BCUT2D eigenvalue weighted by atomic mass is 32.2. The van der Waals surface area contributed by atoms with Crippen molar-refractivity contribution in [1.29, 1.82) is 0 Å². The maximum absolute atomic E-state index is 12.9. The highest BCUT2D eigenvalue weighted by Crippen LogP contribution is 2.31. The molecule has 0 spiro atoms. The standard InChI is InChI=1S/C21H21N3O5S/c25-16-4-1-3-15(11-16)14-7-9-17(10-8-14)30(28,29)23-19-5-2-6-20-18(19)12-22-24(20)13-21(26)27/h1,3-4,7-12,19,23,25H,2,5-6,13H2,(H,26,27). The molecule has 30 heavy (non-hydrogen) atoms. The Kier molecular flexibility index (Phi) is 5.31. The van der Waals surface area contributed by atoms with Crippen LogP contribution in [-0.2, 0) is 27.8 Å². The Hall–Kier alpha value is -3.17. The van der Waals surface area contributed by atoms with Crippen molar-refractivity contribution in [3.05, 3.63) is 66.0 Å². The third-order valence-corrected chi connectivity index (χ3v) is 6.68. The van der Waals surface area contributed by atoms with E-state index in [-0.39, 0.29) is 17.2 Å². The molecule has 156 valence electrons. The number of nitrogens with one attached hydrogen (secondary N) is 1. The molecule has 0 saturated carbocycles. The van der Waals surface area contributed by atoms with Crippen molar-refractivity contribution in [1.82, 2.24) is 14.5 Å². The number of hydrogen-bond donors (Lipinski definition) is 3. The number of hydrogen-bond acceptors (Lipinski definition) is 5. The molecule has 0 fully saturated rings. The molecule has 1 aromatic heterocycles. The number of phenolic OH excluding ortho intramolecular Hbond substituents is 1. The molecule has 4 rings (SSSR count). The van der Waals surface area contributed by atoms with Crippen LogP contribution < -0.4 is 4.72 Å². The molecule has 0 bridgehead atoms. The van der Waals surface area contributed by atoms with Gasteiger partial charge in [-0.15, -0.1) is 0 Å². The van der Waals surface area contributed by atoms with E-state index in [1.54, 1.807) is 36.5 Å². The molecule has 3 N–H and O–H groups in total. The van der Waals surface area contributed by atoms with Crippen molar-refractivity contribution in [2.75, 3.05) is 0 Å². The van der Waals surface area contributed by atoms with Crippen molar-refractivity contribution < 1.29 is 23.4 Å².